The number of hydrogen-bond donors (Lipinski definition) is 1. The first-order chi connectivity index (χ1) is 7.20. The molecule has 2 N–H and O–H groups in total. The van der Waals surface area contributed by atoms with E-state index in [9.17, 15) is 4.79 Å². The van der Waals surface area contributed by atoms with Gasteiger partial charge in [-0.1, -0.05) is 37.3 Å². The van der Waals surface area contributed by atoms with E-state index in [1.807, 2.05) is 30.3 Å². The molecular formula is C13H15NO. The van der Waals surface area contributed by atoms with Crippen molar-refractivity contribution in [2.24, 2.45) is 11.7 Å². The zero-order chi connectivity index (χ0) is 10.8. The van der Waals surface area contributed by atoms with E-state index in [4.69, 9.17) is 5.73 Å². The quantitative estimate of drug-likeness (QED) is 0.747. The van der Waals surface area contributed by atoms with Crippen molar-refractivity contribution < 1.29 is 4.79 Å². The highest BCUT2D eigenvalue weighted by atomic mass is 16.1. The van der Waals surface area contributed by atoms with Crippen LogP contribution < -0.4 is 5.73 Å². The minimum Gasteiger partial charge on any atom is -0.402 e. The first-order valence-corrected chi connectivity index (χ1v) is 5.28. The molecule has 78 valence electrons. The van der Waals surface area contributed by atoms with Crippen LogP contribution in [-0.2, 0) is 0 Å². The Hall–Kier alpha value is -1.57. The van der Waals surface area contributed by atoms with Gasteiger partial charge in [-0.05, 0) is 18.8 Å². The molecule has 0 aliphatic heterocycles. The van der Waals surface area contributed by atoms with E-state index in [1.165, 1.54) is 0 Å². The second-order valence-corrected chi connectivity index (χ2v) is 4.07. The summed E-state index contributed by atoms with van der Waals surface area (Å²) in [5.74, 6) is 0.399. The summed E-state index contributed by atoms with van der Waals surface area (Å²) in [6, 6.07) is 9.35. The van der Waals surface area contributed by atoms with Gasteiger partial charge in [-0.3, -0.25) is 4.79 Å². The Morgan fingerprint density at radius 3 is 2.53 bits per heavy atom. The number of hydrogen-bond acceptors (Lipinski definition) is 2. The first-order valence-electron chi connectivity index (χ1n) is 5.28. The lowest BCUT2D eigenvalue weighted by atomic mass is 9.95. The lowest BCUT2D eigenvalue weighted by molar-refractivity contribution is 0.102. The van der Waals surface area contributed by atoms with Crippen LogP contribution in [0.5, 0.6) is 0 Å². The van der Waals surface area contributed by atoms with Crippen molar-refractivity contribution in [2.45, 2.75) is 19.8 Å². The average Bonchev–Trinajstić information content (AvgIpc) is 2.59. The molecule has 1 aromatic carbocycles. The summed E-state index contributed by atoms with van der Waals surface area (Å²) in [5.41, 5.74) is 8.20. The molecule has 0 amide bonds. The third-order valence-electron chi connectivity index (χ3n) is 2.97. The van der Waals surface area contributed by atoms with E-state index < -0.39 is 0 Å². The normalized spacial score (nSPS) is 20.7. The van der Waals surface area contributed by atoms with Crippen LogP contribution in [0, 0.1) is 5.92 Å². The molecule has 0 aromatic heterocycles. The average molecular weight is 201 g/mol. The summed E-state index contributed by atoms with van der Waals surface area (Å²) in [7, 11) is 0. The Morgan fingerprint density at radius 2 is 2.00 bits per heavy atom. The monoisotopic (exact) mass is 201 g/mol. The highest BCUT2D eigenvalue weighted by Gasteiger charge is 2.26. The third kappa shape index (κ3) is 1.80. The van der Waals surface area contributed by atoms with Gasteiger partial charge in [0.25, 0.3) is 0 Å². The Balaban J connectivity index is 2.33. The summed E-state index contributed by atoms with van der Waals surface area (Å²) < 4.78 is 0. The molecule has 0 bridgehead atoms. The van der Waals surface area contributed by atoms with Crippen molar-refractivity contribution in [3.05, 3.63) is 47.2 Å². The maximum atomic E-state index is 12.1. The van der Waals surface area contributed by atoms with Gasteiger partial charge in [-0.2, -0.15) is 0 Å². The van der Waals surface area contributed by atoms with Gasteiger partial charge in [0.05, 0.1) is 0 Å². The Bertz CT molecular complexity index is 406. The number of carbonyl (C=O) groups excluding carboxylic acids is 1. The number of carbonyl (C=O) groups is 1. The maximum absolute atomic E-state index is 12.1. The van der Waals surface area contributed by atoms with Crippen molar-refractivity contribution in [3.63, 3.8) is 0 Å². The lowest BCUT2D eigenvalue weighted by Gasteiger charge is -2.08. The van der Waals surface area contributed by atoms with Gasteiger partial charge in [-0.15, -0.1) is 0 Å². The van der Waals surface area contributed by atoms with Gasteiger partial charge >= 0.3 is 0 Å². The zero-order valence-corrected chi connectivity index (χ0v) is 8.86. The smallest absolute Gasteiger partial charge is 0.190 e. The van der Waals surface area contributed by atoms with Crippen LogP contribution in [0.4, 0.5) is 0 Å². The summed E-state index contributed by atoms with van der Waals surface area (Å²) in [6.07, 6.45) is 1.86. The van der Waals surface area contributed by atoms with Gasteiger partial charge in [0, 0.05) is 16.8 Å². The molecule has 2 heteroatoms. The fraction of sp³-hybridized carbons (Fsp3) is 0.308. The molecule has 1 aliphatic rings. The van der Waals surface area contributed by atoms with Gasteiger partial charge in [0.1, 0.15) is 0 Å². The molecule has 1 aliphatic carbocycles. The fourth-order valence-corrected chi connectivity index (χ4v) is 2.08. The largest absolute Gasteiger partial charge is 0.402 e. The summed E-state index contributed by atoms with van der Waals surface area (Å²) in [4.78, 5) is 12.1. The number of ketones is 1. The van der Waals surface area contributed by atoms with Crippen molar-refractivity contribution in [1.82, 2.24) is 0 Å². The van der Waals surface area contributed by atoms with Gasteiger partial charge in [0.2, 0.25) is 0 Å². The molecule has 0 unspecified atom stereocenters. The van der Waals surface area contributed by atoms with E-state index >= 15 is 0 Å². The molecular weight excluding hydrogens is 186 g/mol. The van der Waals surface area contributed by atoms with Crippen LogP contribution in [0.1, 0.15) is 30.1 Å². The predicted molar refractivity (Wildman–Crippen MR) is 60.4 cm³/mol. The highest BCUT2D eigenvalue weighted by Crippen LogP contribution is 2.31. The second-order valence-electron chi connectivity index (χ2n) is 4.07. The minimum absolute atomic E-state index is 0.0955. The van der Waals surface area contributed by atoms with Crippen LogP contribution in [0.25, 0.3) is 0 Å². The number of benzene rings is 1. The van der Waals surface area contributed by atoms with Crippen LogP contribution in [0.15, 0.2) is 41.6 Å². The van der Waals surface area contributed by atoms with Gasteiger partial charge < -0.3 is 5.73 Å². The van der Waals surface area contributed by atoms with E-state index in [0.29, 0.717) is 5.92 Å². The summed E-state index contributed by atoms with van der Waals surface area (Å²) in [5, 5.41) is 0. The molecule has 1 atom stereocenters. The van der Waals surface area contributed by atoms with Crippen molar-refractivity contribution in [1.29, 1.82) is 0 Å². The standard InChI is InChI=1S/C13H15NO/c1-9-7-8-11(14)12(9)13(15)10-5-3-2-4-6-10/h2-6,9H,7-8,14H2,1H3/t9-/m0/s1. The molecule has 0 spiro atoms. The maximum Gasteiger partial charge on any atom is 0.190 e. The number of Topliss-reactive ketones (excluding diaryl/α,β-unsaturated/α-hetero) is 1. The van der Waals surface area contributed by atoms with Crippen molar-refractivity contribution in [3.8, 4) is 0 Å². The molecule has 1 aromatic rings. The second kappa shape index (κ2) is 3.89. The van der Waals surface area contributed by atoms with E-state index in [0.717, 1.165) is 29.7 Å². The van der Waals surface area contributed by atoms with Crippen LogP contribution in [0.3, 0.4) is 0 Å². The molecule has 0 fully saturated rings. The van der Waals surface area contributed by atoms with E-state index in [1.54, 1.807) is 0 Å². The number of allylic oxidation sites excluding steroid dienone is 2. The van der Waals surface area contributed by atoms with E-state index in [2.05, 4.69) is 6.92 Å². The lowest BCUT2D eigenvalue weighted by Crippen LogP contribution is -2.11. The fourth-order valence-electron chi connectivity index (χ4n) is 2.08. The number of nitrogens with two attached hydrogens (primary N) is 1. The molecule has 15 heavy (non-hydrogen) atoms. The third-order valence-corrected chi connectivity index (χ3v) is 2.97. The first kappa shape index (κ1) is 9.97. The minimum atomic E-state index is 0.0955. The molecule has 2 rings (SSSR count). The van der Waals surface area contributed by atoms with Crippen LogP contribution in [-0.4, -0.2) is 5.78 Å². The SMILES string of the molecule is C[C@H]1CCC(N)=C1C(=O)c1ccccc1. The molecule has 0 saturated heterocycles. The van der Waals surface area contributed by atoms with E-state index in [-0.39, 0.29) is 5.78 Å². The number of rotatable bonds is 2. The summed E-state index contributed by atoms with van der Waals surface area (Å²) in [6.45, 7) is 2.07. The Morgan fingerprint density at radius 1 is 1.33 bits per heavy atom. The molecule has 0 radical (unpaired) electrons. The molecule has 0 saturated carbocycles. The Kier molecular flexibility index (Phi) is 2.58. The van der Waals surface area contributed by atoms with Crippen LogP contribution >= 0.6 is 0 Å². The van der Waals surface area contributed by atoms with Crippen molar-refractivity contribution in [2.75, 3.05) is 0 Å². The van der Waals surface area contributed by atoms with Gasteiger partial charge in [-0.25, -0.2) is 0 Å². The van der Waals surface area contributed by atoms with Crippen molar-refractivity contribution >= 4 is 5.78 Å². The van der Waals surface area contributed by atoms with Crippen LogP contribution in [0.2, 0.25) is 0 Å². The molecule has 2 nitrogen and oxygen atoms in total. The topological polar surface area (TPSA) is 43.1 Å². The Labute approximate surface area is 89.8 Å². The summed E-state index contributed by atoms with van der Waals surface area (Å²) >= 11 is 0. The van der Waals surface area contributed by atoms with Gasteiger partial charge in [0.15, 0.2) is 5.78 Å². The zero-order valence-electron chi connectivity index (χ0n) is 8.86. The molecule has 0 heterocycles. The highest BCUT2D eigenvalue weighted by molar-refractivity contribution is 6.09. The predicted octanol–water partition coefficient (Wildman–Crippen LogP) is 2.51.